The van der Waals surface area contributed by atoms with E-state index in [1.165, 1.54) is 71.9 Å². The summed E-state index contributed by atoms with van der Waals surface area (Å²) in [6.07, 6.45) is 27.2. The molecule has 4 heteroatoms. The Balaban J connectivity index is 1.87. The molecule has 282 valence electrons. The third-order valence-electron chi connectivity index (χ3n) is 11.1. The summed E-state index contributed by atoms with van der Waals surface area (Å²) in [5.41, 5.74) is 9.27. The molecule has 1 unspecified atom stereocenters. The van der Waals surface area contributed by atoms with Crippen molar-refractivity contribution >= 4 is 12.6 Å². The Kier molecular flexibility index (Phi) is 14.5. The van der Waals surface area contributed by atoms with E-state index < -0.39 is 12.9 Å². The van der Waals surface area contributed by atoms with Crippen LogP contribution in [0.4, 0.5) is 0 Å². The van der Waals surface area contributed by atoms with E-state index in [2.05, 4.69) is 90.1 Å². The van der Waals surface area contributed by atoms with Crippen LogP contribution in [0.25, 0.3) is 0 Å². The summed E-state index contributed by atoms with van der Waals surface area (Å²) < 4.78 is 15.3. The number of hydrogen-bond acceptors (Lipinski definition) is 3. The van der Waals surface area contributed by atoms with Gasteiger partial charge in [0.1, 0.15) is 0 Å². The Morgan fingerprint density at radius 2 is 1.12 bits per heavy atom. The van der Waals surface area contributed by atoms with E-state index >= 15 is 0 Å². The van der Waals surface area contributed by atoms with Gasteiger partial charge in [-0.2, -0.15) is 0 Å². The molecule has 3 nitrogen and oxygen atoms in total. The molecule has 0 radical (unpaired) electrons. The molecule has 0 spiro atoms. The van der Waals surface area contributed by atoms with Crippen molar-refractivity contribution in [3.05, 3.63) is 123 Å². The van der Waals surface area contributed by atoms with Crippen molar-refractivity contribution < 1.29 is 13.9 Å². The third-order valence-corrected chi connectivity index (χ3v) is 14.8. The first-order valence-electron chi connectivity index (χ1n) is 20.8. The van der Waals surface area contributed by atoms with Crippen molar-refractivity contribution in [3.8, 4) is 11.5 Å². The van der Waals surface area contributed by atoms with E-state index in [0.29, 0.717) is 0 Å². The summed E-state index contributed by atoms with van der Waals surface area (Å²) in [6.45, 7) is 13.4. The number of aryl methyl sites for hydroxylation is 4. The average Bonchev–Trinajstić information content (AvgIpc) is 3.14. The van der Waals surface area contributed by atoms with Crippen molar-refractivity contribution in [2.75, 3.05) is 0 Å². The number of allylic oxidation sites excluding steroid dienone is 6. The van der Waals surface area contributed by atoms with Gasteiger partial charge in [0, 0.05) is 0 Å². The Labute approximate surface area is 316 Å². The van der Waals surface area contributed by atoms with E-state index in [9.17, 15) is 4.89 Å². The van der Waals surface area contributed by atoms with Crippen molar-refractivity contribution in [1.29, 1.82) is 0 Å². The second kappa shape index (κ2) is 18.8. The quantitative estimate of drug-likeness (QED) is 0.105. The molecule has 1 heterocycles. The van der Waals surface area contributed by atoms with Crippen LogP contribution in [0, 0.1) is 0 Å². The Morgan fingerprint density at radius 1 is 0.635 bits per heavy atom. The molecule has 1 aliphatic heterocycles. The van der Waals surface area contributed by atoms with Gasteiger partial charge in [-0.1, -0.05) is 0 Å². The van der Waals surface area contributed by atoms with Crippen LogP contribution in [0.15, 0.2) is 90.0 Å². The molecule has 1 atom stereocenters. The molecule has 0 saturated carbocycles. The van der Waals surface area contributed by atoms with Crippen molar-refractivity contribution in [1.82, 2.24) is 0 Å². The van der Waals surface area contributed by atoms with Gasteiger partial charge in [-0.05, 0) is 0 Å². The number of rotatable bonds is 18. The van der Waals surface area contributed by atoms with Gasteiger partial charge < -0.3 is 0 Å². The van der Waals surface area contributed by atoms with Gasteiger partial charge in [0.15, 0.2) is 0 Å². The first-order chi connectivity index (χ1) is 25.2. The zero-order valence-corrected chi connectivity index (χ0v) is 34.2. The molecule has 52 heavy (non-hydrogen) atoms. The maximum atomic E-state index is 14.4. The fourth-order valence-corrected chi connectivity index (χ4v) is 12.1. The number of fused-ring (bicyclic) bond motifs is 2. The van der Waals surface area contributed by atoms with Gasteiger partial charge >= 0.3 is 318 Å². The molecule has 5 rings (SSSR count). The van der Waals surface area contributed by atoms with Gasteiger partial charge in [0.25, 0.3) is 0 Å². The third kappa shape index (κ3) is 9.14. The van der Waals surface area contributed by atoms with E-state index in [1.807, 2.05) is 30.3 Å². The van der Waals surface area contributed by atoms with Gasteiger partial charge in [0.05, 0.1) is 0 Å². The van der Waals surface area contributed by atoms with Crippen LogP contribution >= 0.6 is 7.28 Å². The fourth-order valence-electron chi connectivity index (χ4n) is 8.15. The minimum atomic E-state index is -4.86. The molecule has 0 amide bonds. The molecule has 1 aliphatic carbocycles. The molecule has 3 aromatic rings. The van der Waals surface area contributed by atoms with E-state index in [0.717, 1.165) is 98.6 Å². The van der Waals surface area contributed by atoms with E-state index in [-0.39, 0.29) is 0 Å². The molecule has 0 fully saturated rings. The summed E-state index contributed by atoms with van der Waals surface area (Å²) >= 11 is 0. The normalized spacial score (nSPS) is 17.9. The van der Waals surface area contributed by atoms with Crippen LogP contribution in [-0.2, 0) is 32.1 Å². The first-order valence-corrected chi connectivity index (χ1v) is 22.9. The molecular formula is C48H67O3P. The Hall–Kier alpha value is -3.13. The first kappa shape index (κ1) is 40.1. The van der Waals surface area contributed by atoms with E-state index in [1.54, 1.807) is 0 Å². The topological polar surface area (TPSA) is 38.7 Å². The fraction of sp³-hybridized carbons (Fsp3) is 0.500. The predicted octanol–water partition coefficient (Wildman–Crippen LogP) is 13.4. The van der Waals surface area contributed by atoms with Crippen LogP contribution in [0.2, 0.25) is 0 Å². The van der Waals surface area contributed by atoms with Crippen molar-refractivity contribution in [2.24, 2.45) is 0 Å². The maximum absolute atomic E-state index is 14.4. The van der Waals surface area contributed by atoms with Crippen LogP contribution in [0.1, 0.15) is 152 Å². The molecule has 0 bridgehead atoms. The second-order valence-electron chi connectivity index (χ2n) is 15.6. The van der Waals surface area contributed by atoms with Crippen LogP contribution in [0.5, 0.6) is 11.5 Å². The molecule has 1 N–H and O–H groups in total. The number of hydrogen-bond donors (Lipinski definition) is 1. The van der Waals surface area contributed by atoms with Crippen molar-refractivity contribution in [2.45, 2.75) is 156 Å². The minimum absolute atomic E-state index is 0.498. The standard InChI is InChI=1S/C48H67O3P/c1-7-11-16-24-38-32-40(26-18-13-9-3)47-42(34-38)36-43-35-39(25-17-12-8-2)33-41(27-19-14-10-4)48(43)51-52(49,50-47,44-28-20-15-21-29-44)46-31-23-22-30-45(46)37(5)6/h15,20-23,28-35,46,49H,7-14,16-19,24-27,36H2,1-6H3. The van der Waals surface area contributed by atoms with Crippen molar-refractivity contribution in [3.63, 3.8) is 0 Å². The molecule has 0 saturated heterocycles. The van der Waals surface area contributed by atoms with E-state index in [4.69, 9.17) is 9.05 Å². The van der Waals surface area contributed by atoms with Crippen LogP contribution in [0.3, 0.4) is 0 Å². The van der Waals surface area contributed by atoms with Gasteiger partial charge in [-0.3, -0.25) is 0 Å². The molecule has 3 aromatic carbocycles. The molecule has 0 aromatic heterocycles. The van der Waals surface area contributed by atoms with Crippen LogP contribution < -0.4 is 14.4 Å². The zero-order chi connectivity index (χ0) is 37.0. The SMILES string of the molecule is CCCCCc1cc(CCCCC)c2c(c1)Cc1cc(CCCCC)cc(CCCCC)c1OP(O)(c1ccccc1)(C1C=CC=CC1=C(C)C)O2. The summed E-state index contributed by atoms with van der Waals surface area (Å²) in [5.74, 6) is 1.68. The molecule has 2 aliphatic rings. The van der Waals surface area contributed by atoms with Gasteiger partial charge in [0.2, 0.25) is 0 Å². The monoisotopic (exact) mass is 722 g/mol. The summed E-state index contributed by atoms with van der Waals surface area (Å²) in [5, 5.41) is 0.731. The number of benzene rings is 3. The zero-order valence-electron chi connectivity index (χ0n) is 33.3. The molecular weight excluding hydrogens is 655 g/mol. The summed E-state index contributed by atoms with van der Waals surface area (Å²) in [6, 6.07) is 19.8. The Bertz CT molecular complexity index is 1640. The van der Waals surface area contributed by atoms with Crippen LogP contribution in [-0.4, -0.2) is 10.6 Å². The average molecular weight is 723 g/mol. The summed E-state index contributed by atoms with van der Waals surface area (Å²) in [7, 11) is -4.86. The summed E-state index contributed by atoms with van der Waals surface area (Å²) in [4.78, 5) is 14.4. The predicted molar refractivity (Wildman–Crippen MR) is 226 cm³/mol. The second-order valence-corrected chi connectivity index (χ2v) is 19.0. The van der Waals surface area contributed by atoms with Gasteiger partial charge in [-0.15, -0.1) is 0 Å². The Morgan fingerprint density at radius 3 is 1.58 bits per heavy atom. The van der Waals surface area contributed by atoms with Gasteiger partial charge in [-0.25, -0.2) is 0 Å². The number of unbranched alkanes of at least 4 members (excludes halogenated alkanes) is 8.